The molecule has 0 bridgehead atoms. The molecule has 0 aromatic rings. The Kier molecular flexibility index (Phi) is 3.99. The van der Waals surface area contributed by atoms with Gasteiger partial charge in [-0.3, -0.25) is 20.3 Å². The summed E-state index contributed by atoms with van der Waals surface area (Å²) in [7, 11) is 0. The van der Waals surface area contributed by atoms with Crippen LogP contribution in [0.3, 0.4) is 0 Å². The molecule has 2 N–H and O–H groups in total. The lowest BCUT2D eigenvalue weighted by Crippen LogP contribution is -2.33. The zero-order valence-electron chi connectivity index (χ0n) is 11.8. The first kappa shape index (κ1) is 15.1. The topological polar surface area (TPSA) is 66.4 Å². The van der Waals surface area contributed by atoms with E-state index in [-0.39, 0.29) is 30.3 Å². The van der Waals surface area contributed by atoms with Crippen molar-refractivity contribution in [2.45, 2.75) is 19.8 Å². The lowest BCUT2D eigenvalue weighted by Gasteiger charge is -2.35. The maximum atomic E-state index is 12.7. The van der Waals surface area contributed by atoms with Crippen LogP contribution in [0.2, 0.25) is 0 Å². The quantitative estimate of drug-likeness (QED) is 0.359. The second-order valence-corrected chi connectivity index (χ2v) is 5.38. The van der Waals surface area contributed by atoms with Crippen molar-refractivity contribution in [1.82, 2.24) is 5.48 Å². The first-order chi connectivity index (χ1) is 10.0. The number of terminal acetylenes is 1. The number of hydrogen-bond donors (Lipinski definition) is 2. The van der Waals surface area contributed by atoms with E-state index in [2.05, 4.69) is 18.2 Å². The van der Waals surface area contributed by atoms with E-state index < -0.39 is 11.3 Å². The minimum Gasteiger partial charge on any atom is -0.295 e. The number of ketones is 2. The molecule has 0 amide bonds. The lowest BCUT2D eigenvalue weighted by atomic mass is 9.66. The van der Waals surface area contributed by atoms with E-state index in [0.717, 1.165) is 0 Å². The van der Waals surface area contributed by atoms with Crippen LogP contribution < -0.4 is 5.48 Å². The Hall–Kier alpha value is -2.34. The molecule has 1 saturated carbocycles. The SMILES string of the molecule is C#CC[C@@H]1C(=O)/C(=C(/C)NO)[C@@H]2CC(=O)C=C[C@]12C=C=C. The molecule has 21 heavy (non-hydrogen) atoms. The van der Waals surface area contributed by atoms with Crippen molar-refractivity contribution >= 4 is 11.6 Å². The van der Waals surface area contributed by atoms with Gasteiger partial charge >= 0.3 is 0 Å². The van der Waals surface area contributed by atoms with Gasteiger partial charge in [0.15, 0.2) is 11.6 Å². The Labute approximate surface area is 123 Å². The summed E-state index contributed by atoms with van der Waals surface area (Å²) in [5, 5.41) is 9.16. The normalized spacial score (nSPS) is 33.0. The van der Waals surface area contributed by atoms with Crippen molar-refractivity contribution < 1.29 is 14.8 Å². The zero-order valence-corrected chi connectivity index (χ0v) is 11.8. The molecule has 0 aliphatic heterocycles. The molecule has 2 rings (SSSR count). The van der Waals surface area contributed by atoms with Gasteiger partial charge in [-0.2, -0.15) is 0 Å². The number of carbonyl (C=O) groups is 2. The average Bonchev–Trinajstić information content (AvgIpc) is 2.69. The first-order valence-electron chi connectivity index (χ1n) is 6.69. The van der Waals surface area contributed by atoms with Gasteiger partial charge in [-0.25, -0.2) is 0 Å². The molecule has 0 aromatic heterocycles. The predicted molar refractivity (Wildman–Crippen MR) is 78.0 cm³/mol. The van der Waals surface area contributed by atoms with Crippen LogP contribution >= 0.6 is 0 Å². The Balaban J connectivity index is 2.72. The van der Waals surface area contributed by atoms with Gasteiger partial charge in [0, 0.05) is 41.4 Å². The number of hydrogen-bond acceptors (Lipinski definition) is 4. The summed E-state index contributed by atoms with van der Waals surface area (Å²) in [6.45, 7) is 5.20. The molecular weight excluding hydrogens is 266 g/mol. The lowest BCUT2D eigenvalue weighted by molar-refractivity contribution is -0.119. The van der Waals surface area contributed by atoms with Gasteiger partial charge in [0.2, 0.25) is 0 Å². The van der Waals surface area contributed by atoms with Crippen molar-refractivity contribution in [3.63, 3.8) is 0 Å². The van der Waals surface area contributed by atoms with Gasteiger partial charge in [-0.1, -0.05) is 12.7 Å². The Morgan fingerprint density at radius 3 is 2.95 bits per heavy atom. The molecule has 2 aliphatic carbocycles. The fraction of sp³-hybridized carbons (Fsp3) is 0.353. The van der Waals surface area contributed by atoms with Gasteiger partial charge in [0.25, 0.3) is 0 Å². The van der Waals surface area contributed by atoms with E-state index in [1.807, 2.05) is 5.48 Å². The molecule has 3 atom stereocenters. The number of carbonyl (C=O) groups excluding carboxylic acids is 2. The number of rotatable bonds is 3. The Morgan fingerprint density at radius 1 is 1.67 bits per heavy atom. The van der Waals surface area contributed by atoms with Crippen LogP contribution in [0, 0.1) is 29.6 Å². The average molecular weight is 283 g/mol. The summed E-state index contributed by atoms with van der Waals surface area (Å²) in [5.74, 6) is 1.52. The maximum Gasteiger partial charge on any atom is 0.166 e. The van der Waals surface area contributed by atoms with E-state index in [1.165, 1.54) is 6.08 Å². The summed E-state index contributed by atoms with van der Waals surface area (Å²) in [4.78, 5) is 24.5. The van der Waals surface area contributed by atoms with Crippen molar-refractivity contribution in [2.75, 3.05) is 0 Å². The van der Waals surface area contributed by atoms with Crippen molar-refractivity contribution in [3.8, 4) is 12.3 Å². The molecule has 0 radical (unpaired) electrons. The predicted octanol–water partition coefficient (Wildman–Crippen LogP) is 1.93. The highest BCUT2D eigenvalue weighted by Gasteiger charge is 2.56. The maximum absolute atomic E-state index is 12.7. The molecule has 0 heterocycles. The number of fused-ring (bicyclic) bond motifs is 1. The van der Waals surface area contributed by atoms with Crippen LogP contribution in [0.5, 0.6) is 0 Å². The van der Waals surface area contributed by atoms with Gasteiger partial charge in [0.05, 0.1) is 0 Å². The van der Waals surface area contributed by atoms with Gasteiger partial charge in [-0.05, 0) is 19.1 Å². The van der Waals surface area contributed by atoms with Gasteiger partial charge in [0.1, 0.15) is 0 Å². The summed E-state index contributed by atoms with van der Waals surface area (Å²) < 4.78 is 0. The van der Waals surface area contributed by atoms with Crippen molar-refractivity contribution in [1.29, 1.82) is 0 Å². The van der Waals surface area contributed by atoms with Crippen LogP contribution in [-0.4, -0.2) is 16.8 Å². The first-order valence-corrected chi connectivity index (χ1v) is 6.69. The smallest absolute Gasteiger partial charge is 0.166 e. The van der Waals surface area contributed by atoms with Crippen LogP contribution in [0.15, 0.2) is 41.8 Å². The minimum absolute atomic E-state index is 0.0505. The molecule has 1 fully saturated rings. The van der Waals surface area contributed by atoms with Crippen LogP contribution in [0.25, 0.3) is 0 Å². The molecule has 0 unspecified atom stereocenters. The number of nitrogens with one attached hydrogen (secondary N) is 1. The Morgan fingerprint density at radius 2 is 2.38 bits per heavy atom. The number of Topliss-reactive ketones (excluding diaryl/α,β-unsaturated/α-hetero) is 1. The molecule has 0 spiro atoms. The second-order valence-electron chi connectivity index (χ2n) is 5.38. The summed E-state index contributed by atoms with van der Waals surface area (Å²) in [6, 6.07) is 0. The fourth-order valence-corrected chi connectivity index (χ4v) is 3.42. The van der Waals surface area contributed by atoms with Gasteiger partial charge in [-0.15, -0.1) is 18.1 Å². The molecule has 0 aromatic carbocycles. The third-order valence-electron chi connectivity index (χ3n) is 4.35. The highest BCUT2D eigenvalue weighted by Crippen LogP contribution is 2.55. The monoisotopic (exact) mass is 283 g/mol. The van der Waals surface area contributed by atoms with E-state index in [4.69, 9.17) is 11.6 Å². The summed E-state index contributed by atoms with van der Waals surface area (Å²) in [5.41, 5.74) is 4.87. The van der Waals surface area contributed by atoms with E-state index >= 15 is 0 Å². The Bertz CT molecular complexity index is 643. The molecule has 4 nitrogen and oxygen atoms in total. The third-order valence-corrected chi connectivity index (χ3v) is 4.35. The van der Waals surface area contributed by atoms with E-state index in [0.29, 0.717) is 11.3 Å². The van der Waals surface area contributed by atoms with Crippen LogP contribution in [-0.2, 0) is 9.59 Å². The summed E-state index contributed by atoms with van der Waals surface area (Å²) in [6.07, 6.45) is 10.8. The fourth-order valence-electron chi connectivity index (χ4n) is 3.42. The number of hydroxylamine groups is 1. The molecule has 2 aliphatic rings. The molecule has 4 heteroatoms. The van der Waals surface area contributed by atoms with Gasteiger partial charge < -0.3 is 0 Å². The second kappa shape index (κ2) is 5.57. The molecule has 0 saturated heterocycles. The highest BCUT2D eigenvalue weighted by atomic mass is 16.5. The van der Waals surface area contributed by atoms with E-state index in [9.17, 15) is 9.59 Å². The summed E-state index contributed by atoms with van der Waals surface area (Å²) >= 11 is 0. The van der Waals surface area contributed by atoms with Crippen molar-refractivity contribution in [3.05, 3.63) is 41.8 Å². The van der Waals surface area contributed by atoms with E-state index in [1.54, 1.807) is 19.1 Å². The molecule has 108 valence electrons. The highest BCUT2D eigenvalue weighted by molar-refractivity contribution is 6.05. The molecular formula is C17H17NO3. The van der Waals surface area contributed by atoms with Crippen LogP contribution in [0.1, 0.15) is 19.8 Å². The van der Waals surface area contributed by atoms with Crippen LogP contribution in [0.4, 0.5) is 0 Å². The number of allylic oxidation sites excluding steroid dienone is 5. The largest absolute Gasteiger partial charge is 0.295 e. The third kappa shape index (κ3) is 2.17. The van der Waals surface area contributed by atoms with Crippen molar-refractivity contribution in [2.24, 2.45) is 17.3 Å². The zero-order chi connectivity index (χ0) is 15.6. The minimum atomic E-state index is -0.688. The standard InChI is InChI=1S/C17H17NO3/c1-4-6-13-16(20)15(11(3)18-21)14-10-12(19)7-9-17(13,14)8-5-2/h1,7-9,13-14,18,21H,2,6,10H2,3H3/b15-11-/t13-,14+,17-/m1/s1.